The fourth-order valence-electron chi connectivity index (χ4n) is 2.10. The Labute approximate surface area is 102 Å². The highest BCUT2D eigenvalue weighted by Crippen LogP contribution is 2.10. The molecule has 0 bridgehead atoms. The van der Waals surface area contributed by atoms with E-state index in [2.05, 4.69) is 17.1 Å². The second kappa shape index (κ2) is 7.24. The first-order valence-electron chi connectivity index (χ1n) is 6.16. The summed E-state index contributed by atoms with van der Waals surface area (Å²) in [5.41, 5.74) is 4.85. The van der Waals surface area contributed by atoms with Crippen molar-refractivity contribution in [2.45, 2.75) is 32.2 Å². The van der Waals surface area contributed by atoms with E-state index in [9.17, 15) is 9.59 Å². The standard InChI is InChI=1S/C11H22N4O2/c1-2-5-15-6-3-9(4-7-15)13-8-10(16)14-11(12)17/h9,13H,2-8H2,1H3,(H3,12,14,16,17). The van der Waals surface area contributed by atoms with Crippen molar-refractivity contribution in [1.82, 2.24) is 15.5 Å². The summed E-state index contributed by atoms with van der Waals surface area (Å²) < 4.78 is 0. The van der Waals surface area contributed by atoms with Crippen LogP contribution in [-0.4, -0.2) is 49.1 Å². The van der Waals surface area contributed by atoms with Crippen molar-refractivity contribution >= 4 is 11.9 Å². The van der Waals surface area contributed by atoms with Gasteiger partial charge >= 0.3 is 6.03 Å². The van der Waals surface area contributed by atoms with Crippen molar-refractivity contribution in [3.8, 4) is 0 Å². The predicted molar refractivity (Wildman–Crippen MR) is 65.5 cm³/mol. The number of hydrogen-bond donors (Lipinski definition) is 3. The number of hydrogen-bond acceptors (Lipinski definition) is 4. The number of nitrogens with one attached hydrogen (secondary N) is 2. The van der Waals surface area contributed by atoms with Gasteiger partial charge in [0.2, 0.25) is 5.91 Å². The molecule has 98 valence electrons. The summed E-state index contributed by atoms with van der Waals surface area (Å²) in [5.74, 6) is -0.367. The Hall–Kier alpha value is -1.14. The number of nitrogens with zero attached hydrogens (tertiary/aromatic N) is 1. The molecule has 0 saturated carbocycles. The fraction of sp³-hybridized carbons (Fsp3) is 0.818. The molecule has 0 aliphatic carbocycles. The normalized spacial score (nSPS) is 17.9. The van der Waals surface area contributed by atoms with E-state index in [-0.39, 0.29) is 12.5 Å². The summed E-state index contributed by atoms with van der Waals surface area (Å²) in [6.07, 6.45) is 3.27. The third-order valence-electron chi connectivity index (χ3n) is 2.94. The number of carbonyl (C=O) groups is 2. The molecule has 1 aliphatic rings. The van der Waals surface area contributed by atoms with E-state index in [1.807, 2.05) is 5.32 Å². The van der Waals surface area contributed by atoms with Gasteiger partial charge in [0.15, 0.2) is 0 Å². The summed E-state index contributed by atoms with van der Waals surface area (Å²) >= 11 is 0. The number of urea groups is 1. The number of imide groups is 1. The van der Waals surface area contributed by atoms with E-state index in [1.54, 1.807) is 0 Å². The minimum atomic E-state index is -0.797. The Bertz CT molecular complexity index is 262. The van der Waals surface area contributed by atoms with Crippen LogP contribution in [0.1, 0.15) is 26.2 Å². The van der Waals surface area contributed by atoms with E-state index < -0.39 is 6.03 Å². The Kier molecular flexibility index (Phi) is 5.93. The molecule has 17 heavy (non-hydrogen) atoms. The zero-order chi connectivity index (χ0) is 12.7. The SMILES string of the molecule is CCCN1CCC(NCC(=O)NC(N)=O)CC1. The first kappa shape index (κ1) is 13.9. The first-order valence-corrected chi connectivity index (χ1v) is 6.16. The molecule has 3 amide bonds. The highest BCUT2D eigenvalue weighted by Gasteiger charge is 2.18. The highest BCUT2D eigenvalue weighted by molar-refractivity contribution is 5.94. The second-order valence-corrected chi connectivity index (χ2v) is 4.41. The number of amides is 3. The Morgan fingerprint density at radius 1 is 1.35 bits per heavy atom. The largest absolute Gasteiger partial charge is 0.351 e. The quantitative estimate of drug-likeness (QED) is 0.614. The molecule has 0 spiro atoms. The predicted octanol–water partition coefficient (Wildman–Crippen LogP) is -0.355. The number of likely N-dealkylation sites (tertiary alicyclic amines) is 1. The maximum absolute atomic E-state index is 11.2. The molecule has 0 atom stereocenters. The second-order valence-electron chi connectivity index (χ2n) is 4.41. The summed E-state index contributed by atoms with van der Waals surface area (Å²) in [4.78, 5) is 24.0. The van der Waals surface area contributed by atoms with Gasteiger partial charge in [-0.1, -0.05) is 6.92 Å². The summed E-state index contributed by atoms with van der Waals surface area (Å²) in [7, 11) is 0. The van der Waals surface area contributed by atoms with E-state index in [0.717, 1.165) is 32.5 Å². The zero-order valence-electron chi connectivity index (χ0n) is 10.4. The van der Waals surface area contributed by atoms with Crippen LogP contribution >= 0.6 is 0 Å². The molecule has 6 heteroatoms. The lowest BCUT2D eigenvalue weighted by Crippen LogP contribution is -2.47. The van der Waals surface area contributed by atoms with Crippen LogP contribution in [0.2, 0.25) is 0 Å². The Balaban J connectivity index is 2.13. The molecule has 0 aromatic carbocycles. The van der Waals surface area contributed by atoms with Crippen molar-refractivity contribution in [2.24, 2.45) is 5.73 Å². The van der Waals surface area contributed by atoms with Crippen LogP contribution in [0, 0.1) is 0 Å². The molecular weight excluding hydrogens is 220 g/mol. The monoisotopic (exact) mass is 242 g/mol. The van der Waals surface area contributed by atoms with Crippen LogP contribution in [0.4, 0.5) is 4.79 Å². The van der Waals surface area contributed by atoms with Crippen molar-refractivity contribution in [1.29, 1.82) is 0 Å². The Morgan fingerprint density at radius 3 is 2.53 bits per heavy atom. The molecule has 0 aromatic heterocycles. The number of piperidine rings is 1. The average molecular weight is 242 g/mol. The maximum Gasteiger partial charge on any atom is 0.318 e. The number of nitrogens with two attached hydrogens (primary N) is 1. The molecular formula is C11H22N4O2. The summed E-state index contributed by atoms with van der Waals surface area (Å²) in [6, 6.07) is -0.434. The van der Waals surface area contributed by atoms with Gasteiger partial charge in [0.1, 0.15) is 0 Å². The molecule has 1 heterocycles. The molecule has 4 N–H and O–H groups in total. The molecule has 1 aliphatic heterocycles. The number of rotatable bonds is 5. The van der Waals surface area contributed by atoms with Crippen molar-refractivity contribution < 1.29 is 9.59 Å². The van der Waals surface area contributed by atoms with Gasteiger partial charge in [-0.2, -0.15) is 0 Å². The van der Waals surface area contributed by atoms with Crippen LogP contribution < -0.4 is 16.4 Å². The maximum atomic E-state index is 11.2. The molecule has 0 radical (unpaired) electrons. The van der Waals surface area contributed by atoms with Gasteiger partial charge in [-0.15, -0.1) is 0 Å². The Morgan fingerprint density at radius 2 is 2.00 bits per heavy atom. The van der Waals surface area contributed by atoms with Crippen molar-refractivity contribution in [2.75, 3.05) is 26.2 Å². The van der Waals surface area contributed by atoms with E-state index >= 15 is 0 Å². The lowest BCUT2D eigenvalue weighted by Gasteiger charge is -2.32. The van der Waals surface area contributed by atoms with Gasteiger partial charge in [-0.25, -0.2) is 4.79 Å². The number of carbonyl (C=O) groups excluding carboxylic acids is 2. The van der Waals surface area contributed by atoms with Crippen LogP contribution in [0.5, 0.6) is 0 Å². The smallest absolute Gasteiger partial charge is 0.318 e. The van der Waals surface area contributed by atoms with Crippen LogP contribution in [-0.2, 0) is 4.79 Å². The third-order valence-corrected chi connectivity index (χ3v) is 2.94. The summed E-state index contributed by atoms with van der Waals surface area (Å²) in [5, 5.41) is 5.18. The zero-order valence-corrected chi connectivity index (χ0v) is 10.4. The van der Waals surface area contributed by atoms with Crippen molar-refractivity contribution in [3.63, 3.8) is 0 Å². The van der Waals surface area contributed by atoms with E-state index in [1.165, 1.54) is 6.42 Å². The first-order chi connectivity index (χ1) is 8.11. The number of primary amides is 1. The van der Waals surface area contributed by atoms with E-state index in [0.29, 0.717) is 6.04 Å². The van der Waals surface area contributed by atoms with Gasteiger partial charge in [0.25, 0.3) is 0 Å². The average Bonchev–Trinajstić information content (AvgIpc) is 2.28. The fourth-order valence-corrected chi connectivity index (χ4v) is 2.10. The lowest BCUT2D eigenvalue weighted by molar-refractivity contribution is -0.119. The van der Waals surface area contributed by atoms with E-state index in [4.69, 9.17) is 5.73 Å². The molecule has 1 fully saturated rings. The minimum absolute atomic E-state index is 0.154. The van der Waals surface area contributed by atoms with Gasteiger partial charge in [0, 0.05) is 6.04 Å². The molecule has 0 unspecified atom stereocenters. The van der Waals surface area contributed by atoms with Gasteiger partial charge in [0.05, 0.1) is 6.54 Å². The summed E-state index contributed by atoms with van der Waals surface area (Å²) in [6.45, 7) is 5.63. The highest BCUT2D eigenvalue weighted by atomic mass is 16.2. The van der Waals surface area contributed by atoms with Crippen LogP contribution in [0.25, 0.3) is 0 Å². The van der Waals surface area contributed by atoms with Gasteiger partial charge in [-0.3, -0.25) is 10.1 Å². The topological polar surface area (TPSA) is 87.5 Å². The minimum Gasteiger partial charge on any atom is -0.351 e. The molecule has 0 aromatic rings. The van der Waals surface area contributed by atoms with Crippen molar-refractivity contribution in [3.05, 3.63) is 0 Å². The van der Waals surface area contributed by atoms with Crippen LogP contribution in [0.3, 0.4) is 0 Å². The molecule has 1 rings (SSSR count). The van der Waals surface area contributed by atoms with Crippen LogP contribution in [0.15, 0.2) is 0 Å². The van der Waals surface area contributed by atoms with Gasteiger partial charge < -0.3 is 16.0 Å². The third kappa shape index (κ3) is 5.65. The lowest BCUT2D eigenvalue weighted by atomic mass is 10.0. The van der Waals surface area contributed by atoms with Gasteiger partial charge in [-0.05, 0) is 38.9 Å². The molecule has 1 saturated heterocycles. The molecule has 6 nitrogen and oxygen atoms in total.